The summed E-state index contributed by atoms with van der Waals surface area (Å²) in [6, 6.07) is 18.7. The molecule has 4 rings (SSSR count). The van der Waals surface area contributed by atoms with Crippen LogP contribution in [0.15, 0.2) is 83.3 Å². The van der Waals surface area contributed by atoms with Gasteiger partial charge in [-0.3, -0.25) is 14.2 Å². The molecule has 35 heavy (non-hydrogen) atoms. The molecule has 0 aliphatic rings. The first kappa shape index (κ1) is 24.4. The van der Waals surface area contributed by atoms with Crippen molar-refractivity contribution in [3.8, 4) is 5.69 Å². The molecule has 5 nitrogen and oxygen atoms in total. The molecule has 1 aromatic heterocycles. The van der Waals surface area contributed by atoms with Gasteiger partial charge in [0.2, 0.25) is 0 Å². The lowest BCUT2D eigenvalue weighted by Crippen LogP contribution is -2.30. The lowest BCUT2D eigenvalue weighted by atomic mass is 10.1. The molecule has 7 heteroatoms. The van der Waals surface area contributed by atoms with Crippen molar-refractivity contribution in [2.45, 2.75) is 24.8 Å². The van der Waals surface area contributed by atoms with E-state index in [9.17, 15) is 14.0 Å². The minimum Gasteiger partial charge on any atom is -0.339 e. The number of fused-ring (bicyclic) bond motifs is 1. The van der Waals surface area contributed by atoms with E-state index in [0.29, 0.717) is 46.2 Å². The van der Waals surface area contributed by atoms with Gasteiger partial charge in [0, 0.05) is 24.4 Å². The van der Waals surface area contributed by atoms with E-state index < -0.39 is 0 Å². The summed E-state index contributed by atoms with van der Waals surface area (Å²) >= 11 is 1.41. The topological polar surface area (TPSA) is 55.2 Å². The Morgan fingerprint density at radius 3 is 2.37 bits per heavy atom. The summed E-state index contributed by atoms with van der Waals surface area (Å²) in [5, 5.41) is 0.861. The number of nitrogens with zero attached hydrogens (tertiary/aromatic N) is 3. The zero-order chi connectivity index (χ0) is 24.9. The first-order chi connectivity index (χ1) is 16.9. The Bertz CT molecular complexity index is 1430. The highest BCUT2D eigenvalue weighted by atomic mass is 32.2. The van der Waals surface area contributed by atoms with Crippen LogP contribution in [-0.2, 0) is 5.75 Å². The summed E-state index contributed by atoms with van der Waals surface area (Å²) in [6.45, 7) is 8.83. The van der Waals surface area contributed by atoms with E-state index in [-0.39, 0.29) is 17.3 Å². The molecule has 1 heterocycles. The van der Waals surface area contributed by atoms with Gasteiger partial charge in [-0.2, -0.15) is 0 Å². The van der Waals surface area contributed by atoms with Crippen molar-refractivity contribution in [1.82, 2.24) is 14.5 Å². The van der Waals surface area contributed by atoms with Crippen molar-refractivity contribution in [3.05, 3.63) is 106 Å². The molecular formula is C28H26FN3O2S. The van der Waals surface area contributed by atoms with Crippen LogP contribution < -0.4 is 5.56 Å². The number of hydrogen-bond donors (Lipinski definition) is 0. The van der Waals surface area contributed by atoms with Crippen molar-refractivity contribution in [3.63, 3.8) is 0 Å². The van der Waals surface area contributed by atoms with Crippen LogP contribution in [0.1, 0.15) is 35.3 Å². The second-order valence-corrected chi connectivity index (χ2v) is 8.90. The number of aromatic nitrogens is 2. The van der Waals surface area contributed by atoms with E-state index in [2.05, 4.69) is 6.58 Å². The molecule has 0 N–H and O–H groups in total. The van der Waals surface area contributed by atoms with E-state index in [1.54, 1.807) is 41.3 Å². The van der Waals surface area contributed by atoms with Crippen molar-refractivity contribution in [2.24, 2.45) is 0 Å². The van der Waals surface area contributed by atoms with Gasteiger partial charge < -0.3 is 4.90 Å². The van der Waals surface area contributed by atoms with Gasteiger partial charge >= 0.3 is 0 Å². The average molecular weight is 488 g/mol. The van der Waals surface area contributed by atoms with Gasteiger partial charge in [-0.1, -0.05) is 48.7 Å². The highest BCUT2D eigenvalue weighted by Gasteiger charge is 2.17. The van der Waals surface area contributed by atoms with E-state index in [1.807, 2.05) is 38.1 Å². The Morgan fingerprint density at radius 1 is 1.06 bits per heavy atom. The molecule has 178 valence electrons. The smallest absolute Gasteiger partial charge is 0.266 e. The number of rotatable bonds is 8. The molecular weight excluding hydrogens is 461 g/mol. The first-order valence-corrected chi connectivity index (χ1v) is 12.4. The predicted molar refractivity (Wildman–Crippen MR) is 141 cm³/mol. The van der Waals surface area contributed by atoms with E-state index in [4.69, 9.17) is 4.98 Å². The van der Waals surface area contributed by atoms with Crippen LogP contribution in [0.25, 0.3) is 22.7 Å². The fourth-order valence-electron chi connectivity index (χ4n) is 3.80. The second kappa shape index (κ2) is 10.7. The van der Waals surface area contributed by atoms with Gasteiger partial charge in [0.25, 0.3) is 11.5 Å². The molecule has 0 radical (unpaired) electrons. The Hall–Kier alpha value is -3.71. The molecule has 4 aromatic rings. The second-order valence-electron chi connectivity index (χ2n) is 7.96. The summed E-state index contributed by atoms with van der Waals surface area (Å²) < 4.78 is 15.1. The van der Waals surface area contributed by atoms with E-state index >= 15 is 0 Å². The van der Waals surface area contributed by atoms with Crippen LogP contribution >= 0.6 is 11.8 Å². The Kier molecular flexibility index (Phi) is 7.46. The Balaban J connectivity index is 1.81. The monoisotopic (exact) mass is 487 g/mol. The third-order valence-corrected chi connectivity index (χ3v) is 6.81. The largest absolute Gasteiger partial charge is 0.339 e. The standard InChI is InChI=1S/C28H26FN3O2S/c1-4-19-7-9-20(10-8-19)18-35-28-30-25-17-21(26(33)31(5-2)6-3)11-16-24(25)27(34)32(28)23-14-12-22(29)13-15-23/h4,7-17H,1,5-6,18H2,2-3H3. The van der Waals surface area contributed by atoms with Gasteiger partial charge in [0.1, 0.15) is 5.82 Å². The minimum atomic E-state index is -0.383. The fraction of sp³-hybridized carbons (Fsp3) is 0.179. The zero-order valence-corrected chi connectivity index (χ0v) is 20.5. The molecule has 0 saturated heterocycles. The van der Waals surface area contributed by atoms with Crippen LogP contribution in [0, 0.1) is 5.82 Å². The molecule has 0 saturated carbocycles. The van der Waals surface area contributed by atoms with Crippen LogP contribution in [0.2, 0.25) is 0 Å². The van der Waals surface area contributed by atoms with Crippen LogP contribution in [0.4, 0.5) is 4.39 Å². The average Bonchev–Trinajstić information content (AvgIpc) is 2.89. The van der Waals surface area contributed by atoms with Crippen LogP contribution in [-0.4, -0.2) is 33.4 Å². The van der Waals surface area contributed by atoms with Crippen LogP contribution in [0.3, 0.4) is 0 Å². The lowest BCUT2D eigenvalue weighted by Gasteiger charge is -2.19. The Labute approximate surface area is 207 Å². The zero-order valence-electron chi connectivity index (χ0n) is 19.7. The van der Waals surface area contributed by atoms with Gasteiger partial charge in [0.15, 0.2) is 5.16 Å². The summed E-state index contributed by atoms with van der Waals surface area (Å²) in [6.07, 6.45) is 1.78. The maximum atomic E-state index is 13.6. The van der Waals surface area contributed by atoms with Crippen LogP contribution in [0.5, 0.6) is 0 Å². The lowest BCUT2D eigenvalue weighted by molar-refractivity contribution is 0.0773. The molecule has 0 spiro atoms. The summed E-state index contributed by atoms with van der Waals surface area (Å²) in [4.78, 5) is 32.9. The molecule has 3 aromatic carbocycles. The molecule has 0 aliphatic heterocycles. The highest BCUT2D eigenvalue weighted by Crippen LogP contribution is 2.26. The van der Waals surface area contributed by atoms with Gasteiger partial charge in [-0.15, -0.1) is 0 Å². The number of thioether (sulfide) groups is 1. The van der Waals surface area contributed by atoms with Gasteiger partial charge in [-0.05, 0) is 67.4 Å². The third-order valence-electron chi connectivity index (χ3n) is 5.80. The number of benzene rings is 3. The predicted octanol–water partition coefficient (Wildman–Crippen LogP) is 5.94. The number of halogens is 1. The SMILES string of the molecule is C=Cc1ccc(CSc2nc3cc(C(=O)N(CC)CC)ccc3c(=O)n2-c2ccc(F)cc2)cc1. The first-order valence-electron chi connectivity index (χ1n) is 11.4. The molecule has 1 amide bonds. The van der Waals surface area contributed by atoms with Gasteiger partial charge in [-0.25, -0.2) is 9.37 Å². The summed E-state index contributed by atoms with van der Waals surface area (Å²) in [7, 11) is 0. The fourth-order valence-corrected chi connectivity index (χ4v) is 4.77. The van der Waals surface area contributed by atoms with Gasteiger partial charge in [0.05, 0.1) is 16.6 Å². The maximum Gasteiger partial charge on any atom is 0.266 e. The molecule has 0 unspecified atom stereocenters. The van der Waals surface area contributed by atoms with Crippen molar-refractivity contribution in [2.75, 3.05) is 13.1 Å². The van der Waals surface area contributed by atoms with E-state index in [1.165, 1.54) is 28.5 Å². The normalized spacial score (nSPS) is 10.9. The highest BCUT2D eigenvalue weighted by molar-refractivity contribution is 7.98. The van der Waals surface area contributed by atoms with Crippen molar-refractivity contribution >= 4 is 34.6 Å². The molecule has 0 atom stereocenters. The number of carbonyl (C=O) groups is 1. The van der Waals surface area contributed by atoms with Crippen molar-refractivity contribution in [1.29, 1.82) is 0 Å². The quantitative estimate of drug-likeness (QED) is 0.228. The summed E-state index contributed by atoms with van der Waals surface area (Å²) in [5.74, 6) is 0.0961. The molecule has 0 bridgehead atoms. The minimum absolute atomic E-state index is 0.0991. The van der Waals surface area contributed by atoms with Crippen molar-refractivity contribution < 1.29 is 9.18 Å². The Morgan fingerprint density at radius 2 is 1.74 bits per heavy atom. The number of amides is 1. The van der Waals surface area contributed by atoms with E-state index in [0.717, 1.165) is 11.1 Å². The third kappa shape index (κ3) is 5.20. The molecule has 0 fully saturated rings. The number of hydrogen-bond acceptors (Lipinski definition) is 4. The molecule has 0 aliphatic carbocycles. The summed E-state index contributed by atoms with van der Waals surface area (Å²) in [5.41, 5.74) is 3.29. The number of carbonyl (C=O) groups excluding carboxylic acids is 1. The maximum absolute atomic E-state index is 13.6.